The minimum Gasteiger partial charge on any atom is -0.481 e. The highest BCUT2D eigenvalue weighted by Gasteiger charge is 2.27. The van der Waals surface area contributed by atoms with Gasteiger partial charge < -0.3 is 14.7 Å². The van der Waals surface area contributed by atoms with Gasteiger partial charge >= 0.3 is 5.97 Å². The molecular formula is C13H19N3O4. The first-order valence-electron chi connectivity index (χ1n) is 6.76. The van der Waals surface area contributed by atoms with E-state index in [1.165, 1.54) is 0 Å². The normalized spacial score (nSPS) is 16.1. The van der Waals surface area contributed by atoms with Crippen molar-refractivity contribution in [1.82, 2.24) is 14.7 Å². The fourth-order valence-corrected chi connectivity index (χ4v) is 2.20. The van der Waals surface area contributed by atoms with E-state index in [-0.39, 0.29) is 18.4 Å². The Labute approximate surface area is 117 Å². The highest BCUT2D eigenvalue weighted by Crippen LogP contribution is 2.17. The average Bonchev–Trinajstić information content (AvgIpc) is 2.93. The summed E-state index contributed by atoms with van der Waals surface area (Å²) in [5, 5.41) is 13.0. The number of ether oxygens (including phenoxy) is 1. The molecule has 0 unspecified atom stereocenters. The van der Waals surface area contributed by atoms with Crippen LogP contribution in [0.1, 0.15) is 19.8 Å². The highest BCUT2D eigenvalue weighted by atomic mass is 16.5. The standard InChI is InChI=1S/C13H19N3O4/c1-2-16-8-11(7-14-16)20-9-12(17)15-5-3-10(4-6-15)13(18)19/h7-8,10H,2-6,9H2,1H3,(H,18,19). The number of piperidine rings is 1. The molecule has 1 fully saturated rings. The number of carboxylic acid groups (broad SMARTS) is 1. The first-order valence-corrected chi connectivity index (χ1v) is 6.76. The van der Waals surface area contributed by atoms with Gasteiger partial charge in [0.2, 0.25) is 0 Å². The molecule has 1 amide bonds. The second-order valence-electron chi connectivity index (χ2n) is 4.81. The lowest BCUT2D eigenvalue weighted by atomic mass is 9.97. The van der Waals surface area contributed by atoms with Crippen LogP contribution in [0.2, 0.25) is 0 Å². The minimum absolute atomic E-state index is 0.0346. The maximum Gasteiger partial charge on any atom is 0.306 e. The van der Waals surface area contributed by atoms with Crippen LogP contribution < -0.4 is 4.74 Å². The van der Waals surface area contributed by atoms with Gasteiger partial charge in [-0.1, -0.05) is 0 Å². The second-order valence-corrected chi connectivity index (χ2v) is 4.81. The third kappa shape index (κ3) is 3.49. The van der Waals surface area contributed by atoms with Crippen LogP contribution in [0.3, 0.4) is 0 Å². The van der Waals surface area contributed by atoms with Crippen LogP contribution in [0.15, 0.2) is 12.4 Å². The van der Waals surface area contributed by atoms with Gasteiger partial charge in [0, 0.05) is 19.6 Å². The summed E-state index contributed by atoms with van der Waals surface area (Å²) >= 11 is 0. The fourth-order valence-electron chi connectivity index (χ4n) is 2.20. The van der Waals surface area contributed by atoms with E-state index in [1.54, 1.807) is 22.0 Å². The number of aromatic nitrogens is 2. The Balaban J connectivity index is 1.77. The van der Waals surface area contributed by atoms with E-state index >= 15 is 0 Å². The zero-order chi connectivity index (χ0) is 14.5. The number of hydrogen-bond donors (Lipinski definition) is 1. The minimum atomic E-state index is -0.777. The Kier molecular flexibility index (Phi) is 4.60. The van der Waals surface area contributed by atoms with E-state index in [2.05, 4.69) is 5.10 Å². The molecule has 7 heteroatoms. The molecule has 2 rings (SSSR count). The van der Waals surface area contributed by atoms with Crippen molar-refractivity contribution in [2.75, 3.05) is 19.7 Å². The number of hydrogen-bond acceptors (Lipinski definition) is 4. The second kappa shape index (κ2) is 6.40. The van der Waals surface area contributed by atoms with Gasteiger partial charge in [0.25, 0.3) is 5.91 Å². The summed E-state index contributed by atoms with van der Waals surface area (Å²) < 4.78 is 7.11. The molecule has 0 radical (unpaired) electrons. The summed E-state index contributed by atoms with van der Waals surface area (Å²) in [6, 6.07) is 0. The molecule has 0 atom stereocenters. The molecule has 0 bridgehead atoms. The molecule has 20 heavy (non-hydrogen) atoms. The smallest absolute Gasteiger partial charge is 0.306 e. The van der Waals surface area contributed by atoms with E-state index < -0.39 is 5.97 Å². The molecule has 0 aliphatic carbocycles. The topological polar surface area (TPSA) is 84.7 Å². The molecule has 2 heterocycles. The largest absolute Gasteiger partial charge is 0.481 e. The molecule has 1 aliphatic rings. The molecule has 0 saturated carbocycles. The Morgan fingerprint density at radius 3 is 2.70 bits per heavy atom. The summed E-state index contributed by atoms with van der Waals surface area (Å²) in [6.07, 6.45) is 4.33. The number of rotatable bonds is 5. The van der Waals surface area contributed by atoms with Crippen molar-refractivity contribution in [1.29, 1.82) is 0 Å². The van der Waals surface area contributed by atoms with Gasteiger partial charge in [-0.15, -0.1) is 0 Å². The van der Waals surface area contributed by atoms with Crippen molar-refractivity contribution in [2.45, 2.75) is 26.3 Å². The summed E-state index contributed by atoms with van der Waals surface area (Å²) in [5.41, 5.74) is 0. The number of carboxylic acids is 1. The molecule has 0 spiro atoms. The third-order valence-electron chi connectivity index (χ3n) is 3.49. The maximum atomic E-state index is 12.0. The average molecular weight is 281 g/mol. The number of carbonyl (C=O) groups excluding carboxylic acids is 1. The van der Waals surface area contributed by atoms with E-state index in [1.807, 2.05) is 6.92 Å². The molecule has 110 valence electrons. The van der Waals surface area contributed by atoms with Crippen LogP contribution >= 0.6 is 0 Å². The molecule has 1 aromatic rings. The Morgan fingerprint density at radius 2 is 2.15 bits per heavy atom. The Bertz CT molecular complexity index is 478. The molecule has 7 nitrogen and oxygen atoms in total. The van der Waals surface area contributed by atoms with Crippen LogP contribution in [0, 0.1) is 5.92 Å². The Hall–Kier alpha value is -2.05. The van der Waals surface area contributed by atoms with Gasteiger partial charge in [-0.05, 0) is 19.8 Å². The number of aryl methyl sites for hydroxylation is 1. The van der Waals surface area contributed by atoms with E-state index in [0.29, 0.717) is 31.7 Å². The number of nitrogens with zero attached hydrogens (tertiary/aromatic N) is 3. The summed E-state index contributed by atoms with van der Waals surface area (Å²) in [7, 11) is 0. The van der Waals surface area contributed by atoms with Crippen molar-refractivity contribution in [2.24, 2.45) is 5.92 Å². The lowest BCUT2D eigenvalue weighted by molar-refractivity contribution is -0.146. The summed E-state index contributed by atoms with van der Waals surface area (Å²) in [4.78, 5) is 24.4. The quantitative estimate of drug-likeness (QED) is 0.854. The molecular weight excluding hydrogens is 262 g/mol. The van der Waals surface area contributed by atoms with Gasteiger partial charge in [-0.2, -0.15) is 5.10 Å². The van der Waals surface area contributed by atoms with Gasteiger partial charge in [0.15, 0.2) is 12.4 Å². The van der Waals surface area contributed by atoms with Crippen molar-refractivity contribution < 1.29 is 19.4 Å². The van der Waals surface area contributed by atoms with Crippen LogP contribution in [-0.2, 0) is 16.1 Å². The number of amides is 1. The number of aliphatic carboxylic acids is 1. The van der Waals surface area contributed by atoms with Crippen molar-refractivity contribution >= 4 is 11.9 Å². The van der Waals surface area contributed by atoms with Gasteiger partial charge in [0.05, 0.1) is 18.3 Å². The van der Waals surface area contributed by atoms with Crippen molar-refractivity contribution in [3.63, 3.8) is 0 Å². The predicted molar refractivity (Wildman–Crippen MR) is 70.3 cm³/mol. The summed E-state index contributed by atoms with van der Waals surface area (Å²) in [6.45, 7) is 3.64. The van der Waals surface area contributed by atoms with Crippen LogP contribution in [0.4, 0.5) is 0 Å². The lowest BCUT2D eigenvalue weighted by Crippen LogP contribution is -2.42. The van der Waals surface area contributed by atoms with Gasteiger partial charge in [-0.3, -0.25) is 14.3 Å². The third-order valence-corrected chi connectivity index (χ3v) is 3.49. The fraction of sp³-hybridized carbons (Fsp3) is 0.615. The van der Waals surface area contributed by atoms with Crippen LogP contribution in [0.25, 0.3) is 0 Å². The van der Waals surface area contributed by atoms with Gasteiger partial charge in [-0.25, -0.2) is 0 Å². The van der Waals surface area contributed by atoms with Crippen LogP contribution in [0.5, 0.6) is 5.75 Å². The van der Waals surface area contributed by atoms with Crippen molar-refractivity contribution in [3.8, 4) is 5.75 Å². The zero-order valence-corrected chi connectivity index (χ0v) is 11.5. The first kappa shape index (κ1) is 14.4. The summed E-state index contributed by atoms with van der Waals surface area (Å²) in [5.74, 6) is -0.651. The first-order chi connectivity index (χ1) is 9.60. The van der Waals surface area contributed by atoms with Gasteiger partial charge in [0.1, 0.15) is 0 Å². The highest BCUT2D eigenvalue weighted by molar-refractivity contribution is 5.78. The number of carbonyl (C=O) groups is 2. The van der Waals surface area contributed by atoms with Crippen LogP contribution in [-0.4, -0.2) is 51.4 Å². The lowest BCUT2D eigenvalue weighted by Gasteiger charge is -2.29. The maximum absolute atomic E-state index is 12.0. The molecule has 1 aliphatic heterocycles. The molecule has 1 saturated heterocycles. The monoisotopic (exact) mass is 281 g/mol. The molecule has 0 aromatic carbocycles. The van der Waals surface area contributed by atoms with E-state index in [9.17, 15) is 9.59 Å². The SMILES string of the molecule is CCn1cc(OCC(=O)N2CCC(C(=O)O)CC2)cn1. The van der Waals surface area contributed by atoms with E-state index in [4.69, 9.17) is 9.84 Å². The predicted octanol–water partition coefficient (Wildman–Crippen LogP) is 0.605. The molecule has 1 N–H and O–H groups in total. The molecule has 1 aromatic heterocycles. The zero-order valence-electron chi connectivity index (χ0n) is 11.5. The Morgan fingerprint density at radius 1 is 1.45 bits per heavy atom. The van der Waals surface area contributed by atoms with E-state index in [0.717, 1.165) is 6.54 Å². The number of likely N-dealkylation sites (tertiary alicyclic amines) is 1. The van der Waals surface area contributed by atoms with Crippen molar-refractivity contribution in [3.05, 3.63) is 12.4 Å².